The first-order valence-corrected chi connectivity index (χ1v) is 11.8. The number of piperidine rings is 1. The Kier molecular flexibility index (Phi) is 5.85. The zero-order chi connectivity index (χ0) is 23.8. The lowest BCUT2D eigenvalue weighted by atomic mass is 10.0. The van der Waals surface area contributed by atoms with Gasteiger partial charge in [0.1, 0.15) is 17.2 Å². The molecule has 0 spiro atoms. The zero-order valence-electron chi connectivity index (χ0n) is 19.5. The quantitative estimate of drug-likeness (QED) is 0.574. The molecule has 4 heterocycles. The van der Waals surface area contributed by atoms with Gasteiger partial charge >= 0.3 is 0 Å². The van der Waals surface area contributed by atoms with E-state index in [1.165, 1.54) is 6.92 Å². The summed E-state index contributed by atoms with van der Waals surface area (Å²) >= 11 is 0. The predicted octanol–water partition coefficient (Wildman–Crippen LogP) is 3.73. The highest BCUT2D eigenvalue weighted by molar-refractivity contribution is 5.99. The number of ketones is 2. The summed E-state index contributed by atoms with van der Waals surface area (Å²) in [6.07, 6.45) is 8.49. The van der Waals surface area contributed by atoms with Crippen LogP contribution in [0.1, 0.15) is 67.4 Å². The first-order chi connectivity index (χ1) is 16.4. The molecule has 0 amide bonds. The highest BCUT2D eigenvalue weighted by Gasteiger charge is 2.26. The van der Waals surface area contributed by atoms with Crippen molar-refractivity contribution in [2.75, 3.05) is 23.3 Å². The summed E-state index contributed by atoms with van der Waals surface area (Å²) in [6.45, 7) is 4.63. The fraction of sp³-hybridized carbons (Fsp3) is 0.440. The molecule has 0 bridgehead atoms. The van der Waals surface area contributed by atoms with Crippen molar-refractivity contribution in [3.05, 3.63) is 46.0 Å². The molecule has 1 saturated carbocycles. The lowest BCUT2D eigenvalue weighted by Crippen LogP contribution is -2.33. The van der Waals surface area contributed by atoms with E-state index in [0.29, 0.717) is 60.1 Å². The van der Waals surface area contributed by atoms with Gasteiger partial charge in [-0.3, -0.25) is 19.0 Å². The Morgan fingerprint density at radius 2 is 1.79 bits per heavy atom. The molecule has 34 heavy (non-hydrogen) atoms. The van der Waals surface area contributed by atoms with Gasteiger partial charge in [-0.2, -0.15) is 4.98 Å². The van der Waals surface area contributed by atoms with Crippen LogP contribution in [-0.4, -0.2) is 44.2 Å². The summed E-state index contributed by atoms with van der Waals surface area (Å²) < 4.78 is 1.70. The standard InChI is InChI=1S/C25H28N6O3/c1-15-20-14-27-25(28-21-8-7-18(13-26-21)30-11-9-19(33)10-12-30)29-23(20)31(17-5-3-4-6-17)24(34)22(15)16(2)32/h7-8,13-14,17H,3-6,9-12H2,1-2H3,(H,26,27,28,29). The van der Waals surface area contributed by atoms with Crippen molar-refractivity contribution in [3.63, 3.8) is 0 Å². The number of carbonyl (C=O) groups excluding carboxylic acids is 2. The van der Waals surface area contributed by atoms with Crippen molar-refractivity contribution in [2.45, 2.75) is 58.4 Å². The van der Waals surface area contributed by atoms with E-state index in [1.807, 2.05) is 12.1 Å². The summed E-state index contributed by atoms with van der Waals surface area (Å²) in [7, 11) is 0. The minimum Gasteiger partial charge on any atom is -0.369 e. The number of nitrogens with one attached hydrogen (secondary N) is 1. The molecule has 5 rings (SSSR count). The third-order valence-corrected chi connectivity index (χ3v) is 6.92. The molecular weight excluding hydrogens is 432 g/mol. The average Bonchev–Trinajstić information content (AvgIpc) is 3.34. The molecule has 0 aromatic carbocycles. The number of rotatable bonds is 5. The van der Waals surface area contributed by atoms with Crippen LogP contribution in [0.3, 0.4) is 0 Å². The van der Waals surface area contributed by atoms with Crippen LogP contribution in [0.25, 0.3) is 11.0 Å². The summed E-state index contributed by atoms with van der Waals surface area (Å²) in [5.41, 5.74) is 2.10. The highest BCUT2D eigenvalue weighted by atomic mass is 16.1. The van der Waals surface area contributed by atoms with Crippen LogP contribution in [0, 0.1) is 6.92 Å². The number of aryl methyl sites for hydroxylation is 1. The van der Waals surface area contributed by atoms with E-state index in [-0.39, 0.29) is 22.9 Å². The maximum atomic E-state index is 13.3. The van der Waals surface area contributed by atoms with Crippen molar-refractivity contribution >= 4 is 40.1 Å². The van der Waals surface area contributed by atoms with Gasteiger partial charge in [0, 0.05) is 43.6 Å². The number of anilines is 3. The lowest BCUT2D eigenvalue weighted by Gasteiger charge is -2.27. The fourth-order valence-corrected chi connectivity index (χ4v) is 5.08. The Balaban J connectivity index is 1.48. The molecule has 2 fully saturated rings. The van der Waals surface area contributed by atoms with Gasteiger partial charge in [0.15, 0.2) is 5.78 Å². The molecule has 0 atom stereocenters. The first kappa shape index (κ1) is 22.2. The van der Waals surface area contributed by atoms with Crippen LogP contribution >= 0.6 is 0 Å². The molecule has 3 aromatic rings. The molecule has 1 saturated heterocycles. The predicted molar refractivity (Wildman–Crippen MR) is 130 cm³/mol. The van der Waals surface area contributed by atoms with Gasteiger partial charge in [-0.15, -0.1) is 0 Å². The molecule has 2 aliphatic rings. The van der Waals surface area contributed by atoms with E-state index in [0.717, 1.165) is 31.4 Å². The van der Waals surface area contributed by atoms with Crippen molar-refractivity contribution in [1.29, 1.82) is 0 Å². The Bertz CT molecular complexity index is 1320. The number of Topliss-reactive ketones (excluding diaryl/α,β-unsaturated/α-hetero) is 2. The maximum Gasteiger partial charge on any atom is 0.263 e. The summed E-state index contributed by atoms with van der Waals surface area (Å²) in [4.78, 5) is 52.9. The van der Waals surface area contributed by atoms with Crippen molar-refractivity contribution in [1.82, 2.24) is 19.5 Å². The van der Waals surface area contributed by atoms with Gasteiger partial charge in [0.05, 0.1) is 17.4 Å². The van der Waals surface area contributed by atoms with E-state index >= 15 is 0 Å². The summed E-state index contributed by atoms with van der Waals surface area (Å²) in [5.74, 6) is 0.999. The monoisotopic (exact) mass is 460 g/mol. The molecule has 9 heteroatoms. The largest absolute Gasteiger partial charge is 0.369 e. The number of nitrogens with zero attached hydrogens (tertiary/aromatic N) is 5. The minimum atomic E-state index is -0.267. The Morgan fingerprint density at radius 3 is 2.44 bits per heavy atom. The van der Waals surface area contributed by atoms with Gasteiger partial charge < -0.3 is 10.2 Å². The number of aromatic nitrogens is 4. The second kappa shape index (κ2) is 8.96. The van der Waals surface area contributed by atoms with Crippen LogP contribution in [0.4, 0.5) is 17.5 Å². The maximum absolute atomic E-state index is 13.3. The molecule has 1 aliphatic heterocycles. The molecule has 3 aromatic heterocycles. The SMILES string of the molecule is CC(=O)c1c(C)c2cnc(Nc3ccc(N4CCC(=O)CC4)cn3)nc2n(C2CCCC2)c1=O. The average molecular weight is 461 g/mol. The van der Waals surface area contributed by atoms with Gasteiger partial charge in [0.2, 0.25) is 5.95 Å². The second-order valence-electron chi connectivity index (χ2n) is 9.15. The number of carbonyl (C=O) groups is 2. The molecule has 0 unspecified atom stereocenters. The van der Waals surface area contributed by atoms with Crippen LogP contribution < -0.4 is 15.8 Å². The lowest BCUT2D eigenvalue weighted by molar-refractivity contribution is -0.119. The molecular formula is C25H28N6O3. The first-order valence-electron chi connectivity index (χ1n) is 11.8. The van der Waals surface area contributed by atoms with E-state index in [9.17, 15) is 14.4 Å². The van der Waals surface area contributed by atoms with Crippen LogP contribution in [0.15, 0.2) is 29.3 Å². The normalized spacial score (nSPS) is 16.9. The van der Waals surface area contributed by atoms with E-state index in [1.54, 1.807) is 23.9 Å². The zero-order valence-corrected chi connectivity index (χ0v) is 19.5. The molecule has 9 nitrogen and oxygen atoms in total. The number of fused-ring (bicyclic) bond motifs is 1. The molecule has 176 valence electrons. The van der Waals surface area contributed by atoms with Gasteiger partial charge in [0.25, 0.3) is 5.56 Å². The van der Waals surface area contributed by atoms with Gasteiger partial charge in [-0.1, -0.05) is 12.8 Å². The molecule has 1 aliphatic carbocycles. The van der Waals surface area contributed by atoms with E-state index < -0.39 is 0 Å². The number of hydrogen-bond donors (Lipinski definition) is 1. The fourth-order valence-electron chi connectivity index (χ4n) is 5.08. The van der Waals surface area contributed by atoms with Crippen molar-refractivity contribution in [3.8, 4) is 0 Å². The summed E-state index contributed by atoms with van der Waals surface area (Å²) in [6, 6.07) is 3.85. The van der Waals surface area contributed by atoms with E-state index in [4.69, 9.17) is 4.98 Å². The van der Waals surface area contributed by atoms with E-state index in [2.05, 4.69) is 20.2 Å². The Labute approximate surface area is 197 Å². The van der Waals surface area contributed by atoms with Crippen LogP contribution in [0.5, 0.6) is 0 Å². The van der Waals surface area contributed by atoms with Crippen molar-refractivity contribution < 1.29 is 9.59 Å². The van der Waals surface area contributed by atoms with Gasteiger partial charge in [-0.05, 0) is 44.4 Å². The van der Waals surface area contributed by atoms with Crippen LogP contribution in [0.2, 0.25) is 0 Å². The smallest absolute Gasteiger partial charge is 0.263 e. The second-order valence-corrected chi connectivity index (χ2v) is 9.15. The van der Waals surface area contributed by atoms with Gasteiger partial charge in [-0.25, -0.2) is 9.97 Å². The van der Waals surface area contributed by atoms with Crippen molar-refractivity contribution in [2.24, 2.45) is 0 Å². The third-order valence-electron chi connectivity index (χ3n) is 6.92. The highest BCUT2D eigenvalue weighted by Crippen LogP contribution is 2.32. The van der Waals surface area contributed by atoms with Crippen LogP contribution in [-0.2, 0) is 4.79 Å². The third kappa shape index (κ3) is 4.06. The topological polar surface area (TPSA) is 110 Å². The number of pyridine rings is 2. The Morgan fingerprint density at radius 1 is 1.06 bits per heavy atom. The minimum absolute atomic E-state index is 0.0327. The summed E-state index contributed by atoms with van der Waals surface area (Å²) in [5, 5.41) is 3.85. The molecule has 0 radical (unpaired) electrons. The number of hydrogen-bond acceptors (Lipinski definition) is 8. The molecule has 1 N–H and O–H groups in total. The Hall–Kier alpha value is -3.62.